The summed E-state index contributed by atoms with van der Waals surface area (Å²) in [6.07, 6.45) is -1.15. The van der Waals surface area contributed by atoms with Crippen LogP contribution in [0.2, 0.25) is 0 Å². The molecule has 6 nitrogen and oxygen atoms in total. The Morgan fingerprint density at radius 3 is 2.46 bits per heavy atom. The van der Waals surface area contributed by atoms with Crippen molar-refractivity contribution in [3.05, 3.63) is 52.3 Å². The van der Waals surface area contributed by atoms with E-state index in [-0.39, 0.29) is 17.0 Å². The maximum Gasteiger partial charge on any atom is 0.342 e. The number of benzene rings is 2. The number of methoxy groups -OCH3 is 2. The van der Waals surface area contributed by atoms with E-state index in [2.05, 4.69) is 21.2 Å². The van der Waals surface area contributed by atoms with Crippen LogP contribution in [0.4, 0.5) is 10.1 Å². The van der Waals surface area contributed by atoms with Crippen molar-refractivity contribution in [2.45, 2.75) is 13.0 Å². The second kappa shape index (κ2) is 8.66. The molecule has 0 aliphatic carbocycles. The van der Waals surface area contributed by atoms with Gasteiger partial charge in [-0.05, 0) is 43.3 Å². The summed E-state index contributed by atoms with van der Waals surface area (Å²) in [5, 5.41) is 2.38. The van der Waals surface area contributed by atoms with Crippen molar-refractivity contribution in [1.29, 1.82) is 0 Å². The van der Waals surface area contributed by atoms with Crippen LogP contribution in [0, 0.1) is 5.82 Å². The van der Waals surface area contributed by atoms with Gasteiger partial charge in [0, 0.05) is 4.47 Å². The minimum absolute atomic E-state index is 0.0138. The fraction of sp³-hybridized carbons (Fsp3) is 0.222. The number of carbonyl (C=O) groups excluding carboxylic acids is 2. The summed E-state index contributed by atoms with van der Waals surface area (Å²) < 4.78 is 29.7. The molecule has 0 aromatic heterocycles. The number of halogens is 2. The smallest absolute Gasteiger partial charge is 0.342 e. The number of esters is 1. The maximum absolute atomic E-state index is 13.8. The fourth-order valence-electron chi connectivity index (χ4n) is 2.08. The molecule has 0 unspecified atom stereocenters. The molecular formula is C18H17BrFNO5. The van der Waals surface area contributed by atoms with Crippen molar-refractivity contribution in [2.75, 3.05) is 19.5 Å². The van der Waals surface area contributed by atoms with Gasteiger partial charge in [0.05, 0.1) is 19.9 Å². The molecule has 0 aliphatic rings. The lowest BCUT2D eigenvalue weighted by Gasteiger charge is -2.15. The van der Waals surface area contributed by atoms with E-state index in [1.807, 2.05) is 0 Å². The summed E-state index contributed by atoms with van der Waals surface area (Å²) in [7, 11) is 2.87. The minimum atomic E-state index is -1.15. The number of hydrogen-bond acceptors (Lipinski definition) is 5. The lowest BCUT2D eigenvalue weighted by molar-refractivity contribution is -0.123. The van der Waals surface area contributed by atoms with Crippen molar-refractivity contribution in [1.82, 2.24) is 0 Å². The Morgan fingerprint density at radius 1 is 1.12 bits per heavy atom. The first-order valence-electron chi connectivity index (χ1n) is 7.54. The first-order chi connectivity index (χ1) is 12.3. The van der Waals surface area contributed by atoms with Gasteiger partial charge in [-0.2, -0.15) is 0 Å². The highest BCUT2D eigenvalue weighted by molar-refractivity contribution is 9.10. The molecule has 0 bridgehead atoms. The molecule has 2 rings (SSSR count). The van der Waals surface area contributed by atoms with E-state index in [0.717, 1.165) is 0 Å². The molecule has 2 aromatic rings. The third-order valence-corrected chi connectivity index (χ3v) is 3.96. The average Bonchev–Trinajstić information content (AvgIpc) is 2.63. The Morgan fingerprint density at radius 2 is 1.85 bits per heavy atom. The highest BCUT2D eigenvalue weighted by Crippen LogP contribution is 2.25. The Hall–Kier alpha value is -2.61. The molecular weight excluding hydrogens is 409 g/mol. The molecule has 0 radical (unpaired) electrons. The van der Waals surface area contributed by atoms with Gasteiger partial charge in [0.25, 0.3) is 5.91 Å². The Kier molecular flexibility index (Phi) is 6.57. The number of carbonyl (C=O) groups is 2. The molecule has 0 fully saturated rings. The third-order valence-electron chi connectivity index (χ3n) is 3.47. The summed E-state index contributed by atoms with van der Waals surface area (Å²) in [6, 6.07) is 8.82. The molecule has 0 saturated carbocycles. The van der Waals surface area contributed by atoms with Gasteiger partial charge in [-0.25, -0.2) is 9.18 Å². The van der Waals surface area contributed by atoms with Gasteiger partial charge < -0.3 is 19.5 Å². The number of rotatable bonds is 6. The monoisotopic (exact) mass is 425 g/mol. The van der Waals surface area contributed by atoms with Gasteiger partial charge in [-0.3, -0.25) is 4.79 Å². The molecule has 0 spiro atoms. The molecule has 0 aliphatic heterocycles. The lowest BCUT2D eigenvalue weighted by Crippen LogP contribution is -2.30. The maximum atomic E-state index is 13.8. The van der Waals surface area contributed by atoms with E-state index in [4.69, 9.17) is 14.2 Å². The van der Waals surface area contributed by atoms with Crippen LogP contribution >= 0.6 is 15.9 Å². The lowest BCUT2D eigenvalue weighted by atomic mass is 10.2. The van der Waals surface area contributed by atoms with Crippen LogP contribution in [0.1, 0.15) is 17.3 Å². The van der Waals surface area contributed by atoms with Crippen LogP contribution in [0.3, 0.4) is 0 Å². The van der Waals surface area contributed by atoms with Crippen molar-refractivity contribution < 1.29 is 28.2 Å². The molecule has 0 saturated heterocycles. The number of amides is 1. The SMILES string of the molecule is COc1ccc(OC)c(C(=O)O[C@@H](C)C(=O)Nc2ccc(Br)cc2F)c1. The van der Waals surface area contributed by atoms with Gasteiger partial charge in [-0.15, -0.1) is 0 Å². The molecule has 1 atom stereocenters. The zero-order chi connectivity index (χ0) is 19.3. The number of hydrogen-bond donors (Lipinski definition) is 1. The number of anilines is 1. The normalized spacial score (nSPS) is 11.4. The topological polar surface area (TPSA) is 73.9 Å². The summed E-state index contributed by atoms with van der Waals surface area (Å²) in [6.45, 7) is 1.39. The first-order valence-corrected chi connectivity index (χ1v) is 8.34. The predicted octanol–water partition coefficient (Wildman–Crippen LogP) is 3.79. The molecule has 0 heterocycles. The third kappa shape index (κ3) is 4.72. The summed E-state index contributed by atoms with van der Waals surface area (Å²) in [5.74, 6) is -1.32. The quantitative estimate of drug-likeness (QED) is 0.712. The summed E-state index contributed by atoms with van der Waals surface area (Å²) in [4.78, 5) is 24.5. The van der Waals surface area contributed by atoms with Crippen LogP contribution < -0.4 is 14.8 Å². The highest BCUT2D eigenvalue weighted by atomic mass is 79.9. The van der Waals surface area contributed by atoms with Crippen molar-refractivity contribution >= 4 is 33.5 Å². The van der Waals surface area contributed by atoms with Gasteiger partial charge in [0.15, 0.2) is 6.10 Å². The van der Waals surface area contributed by atoms with E-state index in [1.54, 1.807) is 18.2 Å². The van der Waals surface area contributed by atoms with E-state index >= 15 is 0 Å². The van der Waals surface area contributed by atoms with E-state index in [0.29, 0.717) is 10.2 Å². The number of ether oxygens (including phenoxy) is 3. The zero-order valence-electron chi connectivity index (χ0n) is 14.3. The second-order valence-electron chi connectivity index (χ2n) is 5.23. The Labute approximate surface area is 158 Å². The van der Waals surface area contributed by atoms with Crippen LogP contribution in [0.25, 0.3) is 0 Å². The Balaban J connectivity index is 2.10. The molecule has 1 N–H and O–H groups in total. The number of nitrogens with one attached hydrogen (secondary N) is 1. The Bertz CT molecular complexity index is 827. The van der Waals surface area contributed by atoms with Crippen molar-refractivity contribution in [3.8, 4) is 11.5 Å². The molecule has 8 heteroatoms. The van der Waals surface area contributed by atoms with E-state index in [1.165, 1.54) is 39.3 Å². The summed E-state index contributed by atoms with van der Waals surface area (Å²) in [5.41, 5.74) is 0.0985. The highest BCUT2D eigenvalue weighted by Gasteiger charge is 2.22. The van der Waals surface area contributed by atoms with Gasteiger partial charge in [-0.1, -0.05) is 15.9 Å². The second-order valence-corrected chi connectivity index (χ2v) is 6.14. The van der Waals surface area contributed by atoms with Crippen LogP contribution in [-0.4, -0.2) is 32.2 Å². The van der Waals surface area contributed by atoms with Crippen molar-refractivity contribution in [3.63, 3.8) is 0 Å². The molecule has 2 aromatic carbocycles. The standard InChI is InChI=1S/C18H17BrFNO5/c1-10(17(22)21-15-6-4-11(19)8-14(15)20)26-18(23)13-9-12(24-2)5-7-16(13)25-3/h4-10H,1-3H3,(H,21,22)/t10-/m0/s1. The van der Waals surface area contributed by atoms with Gasteiger partial charge >= 0.3 is 5.97 Å². The molecule has 1 amide bonds. The summed E-state index contributed by atoms with van der Waals surface area (Å²) >= 11 is 3.13. The van der Waals surface area contributed by atoms with Gasteiger partial charge in [0.2, 0.25) is 0 Å². The largest absolute Gasteiger partial charge is 0.497 e. The average molecular weight is 426 g/mol. The van der Waals surface area contributed by atoms with Crippen molar-refractivity contribution in [2.24, 2.45) is 0 Å². The van der Waals surface area contributed by atoms with Gasteiger partial charge in [0.1, 0.15) is 22.9 Å². The first kappa shape index (κ1) is 19.7. The van der Waals surface area contributed by atoms with E-state index in [9.17, 15) is 14.0 Å². The minimum Gasteiger partial charge on any atom is -0.497 e. The van der Waals surface area contributed by atoms with Crippen LogP contribution in [0.5, 0.6) is 11.5 Å². The van der Waals surface area contributed by atoms with Crippen LogP contribution in [0.15, 0.2) is 40.9 Å². The molecule has 138 valence electrons. The van der Waals surface area contributed by atoms with E-state index < -0.39 is 23.8 Å². The zero-order valence-corrected chi connectivity index (χ0v) is 15.9. The molecule has 26 heavy (non-hydrogen) atoms. The van der Waals surface area contributed by atoms with Crippen LogP contribution in [-0.2, 0) is 9.53 Å². The predicted molar refractivity (Wildman–Crippen MR) is 97.2 cm³/mol. The fourth-order valence-corrected chi connectivity index (χ4v) is 2.41.